The molecular weight excluding hydrogens is 318 g/mol. The highest BCUT2D eigenvalue weighted by Crippen LogP contribution is 2.32. The van der Waals surface area contributed by atoms with Gasteiger partial charge in [0.2, 0.25) is 0 Å². The van der Waals surface area contributed by atoms with Crippen LogP contribution in [0.3, 0.4) is 0 Å². The lowest BCUT2D eigenvalue weighted by atomic mass is 10.1. The van der Waals surface area contributed by atoms with Crippen molar-refractivity contribution in [3.63, 3.8) is 0 Å². The molecule has 2 amide bonds. The molecule has 7 heteroatoms. The highest BCUT2D eigenvalue weighted by Gasteiger charge is 2.15. The number of nitrogens with one attached hydrogen (secondary N) is 2. The number of hydrogen-bond donors (Lipinski definition) is 3. The lowest BCUT2D eigenvalue weighted by Gasteiger charge is -2.12. The third-order valence-corrected chi connectivity index (χ3v) is 3.77. The second-order valence-electron chi connectivity index (χ2n) is 6.04. The Balaban J connectivity index is 1.99. The molecule has 3 aromatic rings. The molecule has 7 nitrogen and oxygen atoms in total. The van der Waals surface area contributed by atoms with Crippen molar-refractivity contribution < 1.29 is 9.90 Å². The van der Waals surface area contributed by atoms with E-state index in [0.717, 1.165) is 28.6 Å². The van der Waals surface area contributed by atoms with Crippen LogP contribution in [0, 0.1) is 13.8 Å². The third-order valence-electron chi connectivity index (χ3n) is 3.77. The highest BCUT2D eigenvalue weighted by molar-refractivity contribution is 5.92. The first-order chi connectivity index (χ1) is 12.0. The molecule has 1 aromatic heterocycles. The van der Waals surface area contributed by atoms with Gasteiger partial charge < -0.3 is 15.7 Å². The quantitative estimate of drug-likeness (QED) is 0.636. The molecule has 0 atom stereocenters. The van der Waals surface area contributed by atoms with Crippen molar-refractivity contribution in [3.8, 4) is 11.4 Å². The van der Waals surface area contributed by atoms with Crippen molar-refractivity contribution in [1.29, 1.82) is 0 Å². The van der Waals surface area contributed by atoms with Crippen LogP contribution in [0.2, 0.25) is 0 Å². The first-order valence-electron chi connectivity index (χ1n) is 8.20. The topological polar surface area (TPSA) is 92.1 Å². The van der Waals surface area contributed by atoms with Crippen LogP contribution in [0.15, 0.2) is 30.3 Å². The van der Waals surface area contributed by atoms with Gasteiger partial charge in [-0.15, -0.1) is 15.0 Å². The van der Waals surface area contributed by atoms with Crippen molar-refractivity contribution in [3.05, 3.63) is 41.5 Å². The second kappa shape index (κ2) is 6.80. The minimum absolute atomic E-state index is 0.0747. The number of phenolic OH excluding ortho intramolecular Hbond substituents is 1. The van der Waals surface area contributed by atoms with E-state index in [2.05, 4.69) is 20.8 Å². The van der Waals surface area contributed by atoms with Crippen LogP contribution >= 0.6 is 0 Å². The van der Waals surface area contributed by atoms with Crippen LogP contribution in [0.5, 0.6) is 5.75 Å². The van der Waals surface area contributed by atoms with Crippen LogP contribution in [0.1, 0.15) is 24.5 Å². The number of anilines is 1. The molecule has 3 N–H and O–H groups in total. The summed E-state index contributed by atoms with van der Waals surface area (Å²) in [6, 6.07) is 8.90. The zero-order valence-corrected chi connectivity index (χ0v) is 14.5. The van der Waals surface area contributed by atoms with Gasteiger partial charge in [-0.2, -0.15) is 0 Å². The van der Waals surface area contributed by atoms with E-state index in [1.807, 2.05) is 39.0 Å². The van der Waals surface area contributed by atoms with Crippen molar-refractivity contribution >= 4 is 22.8 Å². The molecule has 0 saturated carbocycles. The van der Waals surface area contributed by atoms with Gasteiger partial charge in [0.1, 0.15) is 16.7 Å². The summed E-state index contributed by atoms with van der Waals surface area (Å²) in [7, 11) is 0. The van der Waals surface area contributed by atoms with Crippen LogP contribution in [0.4, 0.5) is 10.5 Å². The molecular formula is C18H21N5O2. The van der Waals surface area contributed by atoms with Crippen LogP contribution in [0.25, 0.3) is 16.7 Å². The average Bonchev–Trinajstić information content (AvgIpc) is 2.98. The largest absolute Gasteiger partial charge is 0.504 e. The molecule has 25 heavy (non-hydrogen) atoms. The summed E-state index contributed by atoms with van der Waals surface area (Å²) in [6.45, 7) is 6.40. The first kappa shape index (κ1) is 16.8. The number of rotatable bonds is 4. The molecule has 130 valence electrons. The molecule has 0 fully saturated rings. The maximum Gasteiger partial charge on any atom is 0.319 e. The Labute approximate surface area is 145 Å². The Hall–Kier alpha value is -3.09. The molecule has 0 aliphatic carbocycles. The lowest BCUT2D eigenvalue weighted by molar-refractivity contribution is 0.252. The Morgan fingerprint density at radius 3 is 2.64 bits per heavy atom. The highest BCUT2D eigenvalue weighted by atomic mass is 16.3. The summed E-state index contributed by atoms with van der Waals surface area (Å²) < 4.78 is 0. The summed E-state index contributed by atoms with van der Waals surface area (Å²) in [5, 5.41) is 24.8. The van der Waals surface area contributed by atoms with Gasteiger partial charge in [-0.1, -0.05) is 13.0 Å². The van der Waals surface area contributed by atoms with E-state index >= 15 is 0 Å². The monoisotopic (exact) mass is 339 g/mol. The van der Waals surface area contributed by atoms with Crippen molar-refractivity contribution in [1.82, 2.24) is 20.3 Å². The fourth-order valence-corrected chi connectivity index (χ4v) is 2.54. The summed E-state index contributed by atoms with van der Waals surface area (Å²) >= 11 is 0. The van der Waals surface area contributed by atoms with Crippen molar-refractivity contribution in [2.75, 3.05) is 11.9 Å². The normalized spacial score (nSPS) is 10.8. The third kappa shape index (κ3) is 3.55. The molecule has 0 aliphatic heterocycles. The fraction of sp³-hybridized carbons (Fsp3) is 0.278. The predicted molar refractivity (Wildman–Crippen MR) is 97.3 cm³/mol. The Bertz CT molecular complexity index is 933. The van der Waals surface area contributed by atoms with E-state index in [4.69, 9.17) is 0 Å². The summed E-state index contributed by atoms with van der Waals surface area (Å²) in [4.78, 5) is 13.3. The number of carbonyl (C=O) groups is 1. The van der Waals surface area contributed by atoms with Gasteiger partial charge in [-0.3, -0.25) is 0 Å². The Kier molecular flexibility index (Phi) is 4.56. The maximum atomic E-state index is 11.9. The number of fused-ring (bicyclic) bond motifs is 1. The zero-order chi connectivity index (χ0) is 18.0. The average molecular weight is 339 g/mol. The first-order valence-corrected chi connectivity index (χ1v) is 8.20. The molecule has 0 aliphatic rings. The van der Waals surface area contributed by atoms with Gasteiger partial charge in [0, 0.05) is 6.54 Å². The number of aryl methyl sites for hydroxylation is 2. The number of phenols is 1. The molecule has 1 heterocycles. The smallest absolute Gasteiger partial charge is 0.319 e. The molecule has 0 radical (unpaired) electrons. The van der Waals surface area contributed by atoms with E-state index < -0.39 is 0 Å². The van der Waals surface area contributed by atoms with E-state index in [0.29, 0.717) is 17.9 Å². The van der Waals surface area contributed by atoms with Gasteiger partial charge in [-0.05, 0) is 55.7 Å². The predicted octanol–water partition coefficient (Wildman–Crippen LogP) is 3.27. The number of nitrogens with zero attached hydrogens (tertiary/aromatic N) is 3. The summed E-state index contributed by atoms with van der Waals surface area (Å²) in [6.07, 6.45) is 0.835. The molecule has 3 rings (SSSR count). The minimum Gasteiger partial charge on any atom is -0.504 e. The molecule has 0 bridgehead atoms. The standard InChI is InChI=1S/C18H21N5O2/c1-4-7-19-18(25)20-15-9-12(3)10-16(17(15)24)23-21-13-6-5-11(2)8-14(13)22-23/h5-6,8-10,24H,4,7H2,1-3H3,(H2,19,20,25). The zero-order valence-electron chi connectivity index (χ0n) is 14.5. The van der Waals surface area contributed by atoms with Crippen LogP contribution < -0.4 is 10.6 Å². The number of hydrogen-bond acceptors (Lipinski definition) is 4. The van der Waals surface area contributed by atoms with Crippen molar-refractivity contribution in [2.24, 2.45) is 0 Å². The van der Waals surface area contributed by atoms with E-state index in [9.17, 15) is 9.90 Å². The van der Waals surface area contributed by atoms with E-state index in [1.54, 1.807) is 12.1 Å². The van der Waals surface area contributed by atoms with Gasteiger partial charge in [0.15, 0.2) is 5.75 Å². The number of aromatic hydroxyl groups is 1. The summed E-state index contributed by atoms with van der Waals surface area (Å²) in [5.41, 5.74) is 4.18. The van der Waals surface area contributed by atoms with Gasteiger partial charge in [0.25, 0.3) is 0 Å². The van der Waals surface area contributed by atoms with E-state index in [-0.39, 0.29) is 11.8 Å². The number of amides is 2. The van der Waals surface area contributed by atoms with Gasteiger partial charge >= 0.3 is 6.03 Å². The SMILES string of the molecule is CCCNC(=O)Nc1cc(C)cc(-n2nc3ccc(C)cc3n2)c1O. The second-order valence-corrected chi connectivity index (χ2v) is 6.04. The molecule has 0 unspecified atom stereocenters. The fourth-order valence-electron chi connectivity index (χ4n) is 2.54. The molecule has 2 aromatic carbocycles. The summed E-state index contributed by atoms with van der Waals surface area (Å²) in [5.74, 6) is -0.0747. The van der Waals surface area contributed by atoms with Gasteiger partial charge in [-0.25, -0.2) is 4.79 Å². The minimum atomic E-state index is -0.358. The number of urea groups is 1. The molecule has 0 spiro atoms. The molecule has 0 saturated heterocycles. The van der Waals surface area contributed by atoms with E-state index in [1.165, 1.54) is 4.80 Å². The van der Waals surface area contributed by atoms with Crippen LogP contribution in [-0.4, -0.2) is 32.7 Å². The Morgan fingerprint density at radius 2 is 1.88 bits per heavy atom. The number of aromatic nitrogens is 3. The lowest BCUT2D eigenvalue weighted by Crippen LogP contribution is -2.29. The Morgan fingerprint density at radius 1 is 1.12 bits per heavy atom. The number of carbonyl (C=O) groups excluding carboxylic acids is 1. The van der Waals surface area contributed by atoms with Gasteiger partial charge in [0.05, 0.1) is 5.69 Å². The van der Waals surface area contributed by atoms with Crippen molar-refractivity contribution in [2.45, 2.75) is 27.2 Å². The maximum absolute atomic E-state index is 11.9. The number of benzene rings is 2. The van der Waals surface area contributed by atoms with Crippen LogP contribution in [-0.2, 0) is 0 Å².